The Balaban J connectivity index is 2.13. The van der Waals surface area contributed by atoms with Gasteiger partial charge in [-0.05, 0) is 33.6 Å². The van der Waals surface area contributed by atoms with Crippen LogP contribution in [0, 0.1) is 12.3 Å². The van der Waals surface area contributed by atoms with Crippen molar-refractivity contribution in [3.63, 3.8) is 0 Å². The largest absolute Gasteiger partial charge is 0.396 e. The molecule has 5 heteroatoms. The summed E-state index contributed by atoms with van der Waals surface area (Å²) in [6.07, 6.45) is 4.57. The van der Waals surface area contributed by atoms with Crippen LogP contribution in [-0.2, 0) is 0 Å². The van der Waals surface area contributed by atoms with Crippen molar-refractivity contribution >= 4 is 5.91 Å². The molecule has 1 aliphatic rings. The van der Waals surface area contributed by atoms with E-state index in [9.17, 15) is 9.90 Å². The van der Waals surface area contributed by atoms with Crippen molar-refractivity contribution in [2.24, 2.45) is 5.41 Å². The molecule has 5 nitrogen and oxygen atoms in total. The van der Waals surface area contributed by atoms with Gasteiger partial charge in [0.1, 0.15) is 0 Å². The molecule has 1 saturated carbocycles. The van der Waals surface area contributed by atoms with Gasteiger partial charge in [-0.2, -0.15) is 5.10 Å². The van der Waals surface area contributed by atoms with Gasteiger partial charge in [0.25, 0.3) is 5.91 Å². The molecule has 1 aliphatic carbocycles. The van der Waals surface area contributed by atoms with Gasteiger partial charge in [-0.1, -0.05) is 13.3 Å². The number of hydrogen-bond donors (Lipinski definition) is 2. The Hall–Kier alpha value is -1.36. The highest BCUT2D eigenvalue weighted by Crippen LogP contribution is 2.37. The van der Waals surface area contributed by atoms with Crippen LogP contribution in [0.15, 0.2) is 6.20 Å². The zero-order chi connectivity index (χ0) is 14.9. The molecule has 2 N–H and O–H groups in total. The minimum Gasteiger partial charge on any atom is -0.396 e. The van der Waals surface area contributed by atoms with Crippen LogP contribution in [0.5, 0.6) is 0 Å². The molecule has 0 bridgehead atoms. The lowest BCUT2D eigenvalue weighted by Crippen LogP contribution is -2.44. The van der Waals surface area contributed by atoms with Crippen molar-refractivity contribution in [1.82, 2.24) is 15.1 Å². The van der Waals surface area contributed by atoms with Crippen LogP contribution in [0.3, 0.4) is 0 Å². The van der Waals surface area contributed by atoms with Gasteiger partial charge in [-0.3, -0.25) is 9.48 Å². The molecule has 0 saturated heterocycles. The molecule has 0 radical (unpaired) electrons. The highest BCUT2D eigenvalue weighted by atomic mass is 16.3. The fourth-order valence-electron chi connectivity index (χ4n) is 3.07. The predicted molar refractivity (Wildman–Crippen MR) is 77.6 cm³/mol. The normalized spacial score (nSPS) is 26.2. The van der Waals surface area contributed by atoms with E-state index in [0.717, 1.165) is 25.0 Å². The summed E-state index contributed by atoms with van der Waals surface area (Å²) in [5, 5.41) is 16.9. The average molecular weight is 279 g/mol. The second-order valence-electron chi connectivity index (χ2n) is 6.41. The number of carbonyl (C=O) groups excluding carboxylic acids is 1. The van der Waals surface area contributed by atoms with Gasteiger partial charge in [0, 0.05) is 23.2 Å². The first kappa shape index (κ1) is 15.0. The number of hydrogen-bond acceptors (Lipinski definition) is 3. The number of amides is 1. The van der Waals surface area contributed by atoms with Crippen molar-refractivity contribution in [2.75, 3.05) is 6.61 Å². The van der Waals surface area contributed by atoms with E-state index in [-0.39, 0.29) is 30.0 Å². The highest BCUT2D eigenvalue weighted by Gasteiger charge is 2.39. The van der Waals surface area contributed by atoms with Gasteiger partial charge in [0.15, 0.2) is 0 Å². The number of aliphatic hydroxyl groups is 1. The lowest BCUT2D eigenvalue weighted by Gasteiger charge is -2.30. The number of nitrogens with one attached hydrogen (secondary N) is 1. The van der Waals surface area contributed by atoms with Crippen LogP contribution in [0.2, 0.25) is 0 Å². The van der Waals surface area contributed by atoms with Crippen molar-refractivity contribution in [1.29, 1.82) is 0 Å². The molecule has 2 atom stereocenters. The molecule has 2 rings (SSSR count). The van der Waals surface area contributed by atoms with Crippen LogP contribution in [0.25, 0.3) is 0 Å². The van der Waals surface area contributed by atoms with E-state index < -0.39 is 0 Å². The van der Waals surface area contributed by atoms with E-state index in [4.69, 9.17) is 0 Å². The first-order valence-electron chi connectivity index (χ1n) is 7.35. The summed E-state index contributed by atoms with van der Waals surface area (Å²) in [6, 6.07) is 0.285. The average Bonchev–Trinajstić information content (AvgIpc) is 2.94. The second kappa shape index (κ2) is 5.56. The summed E-state index contributed by atoms with van der Waals surface area (Å²) in [5.41, 5.74) is 1.32. The topological polar surface area (TPSA) is 67.2 Å². The molecular weight excluding hydrogens is 254 g/mol. The zero-order valence-corrected chi connectivity index (χ0v) is 12.8. The second-order valence-corrected chi connectivity index (χ2v) is 6.41. The van der Waals surface area contributed by atoms with Gasteiger partial charge >= 0.3 is 0 Å². The summed E-state index contributed by atoms with van der Waals surface area (Å²) in [6.45, 7) is 8.16. The zero-order valence-electron chi connectivity index (χ0n) is 12.8. The molecular formula is C15H25N3O2. The number of aliphatic hydroxyl groups excluding tert-OH is 1. The summed E-state index contributed by atoms with van der Waals surface area (Å²) in [7, 11) is 0. The fourth-order valence-corrected chi connectivity index (χ4v) is 3.07. The minimum absolute atomic E-state index is 0.0433. The van der Waals surface area contributed by atoms with E-state index >= 15 is 0 Å². The van der Waals surface area contributed by atoms with Crippen molar-refractivity contribution in [3.8, 4) is 0 Å². The SMILES string of the molecule is Cc1c(C(=O)NC2CCCC2(C)CO)cnn1C(C)C. The lowest BCUT2D eigenvalue weighted by molar-refractivity contribution is 0.0830. The molecule has 1 fully saturated rings. The minimum atomic E-state index is -0.197. The maximum absolute atomic E-state index is 12.4. The summed E-state index contributed by atoms with van der Waals surface area (Å²) in [4.78, 5) is 12.4. The lowest BCUT2D eigenvalue weighted by atomic mass is 9.85. The molecule has 20 heavy (non-hydrogen) atoms. The molecule has 1 amide bonds. The Morgan fingerprint density at radius 3 is 2.90 bits per heavy atom. The quantitative estimate of drug-likeness (QED) is 0.886. The van der Waals surface area contributed by atoms with Gasteiger partial charge < -0.3 is 10.4 Å². The van der Waals surface area contributed by atoms with Crippen LogP contribution in [0.1, 0.15) is 62.1 Å². The molecule has 112 valence electrons. The van der Waals surface area contributed by atoms with Gasteiger partial charge in [-0.25, -0.2) is 0 Å². The summed E-state index contributed by atoms with van der Waals surface area (Å²) in [5.74, 6) is -0.0824. The number of rotatable bonds is 4. The predicted octanol–water partition coefficient (Wildman–Crippen LogP) is 2.05. The van der Waals surface area contributed by atoms with Crippen LogP contribution in [0.4, 0.5) is 0 Å². The van der Waals surface area contributed by atoms with Crippen molar-refractivity contribution in [2.45, 2.75) is 59.0 Å². The van der Waals surface area contributed by atoms with Crippen LogP contribution >= 0.6 is 0 Å². The Morgan fingerprint density at radius 1 is 1.65 bits per heavy atom. The Morgan fingerprint density at radius 2 is 2.35 bits per heavy atom. The maximum Gasteiger partial charge on any atom is 0.254 e. The first-order valence-corrected chi connectivity index (χ1v) is 7.35. The maximum atomic E-state index is 12.4. The standard InChI is InChI=1S/C15H25N3O2/c1-10(2)18-11(3)12(8-16-18)14(20)17-13-6-5-7-15(13,4)9-19/h8,10,13,19H,5-7,9H2,1-4H3,(H,17,20). The smallest absolute Gasteiger partial charge is 0.254 e. The Kier molecular flexibility index (Phi) is 4.18. The van der Waals surface area contributed by atoms with E-state index in [0.29, 0.717) is 5.56 Å². The van der Waals surface area contributed by atoms with Gasteiger partial charge in [0.05, 0.1) is 18.4 Å². The van der Waals surface area contributed by atoms with Gasteiger partial charge in [0.2, 0.25) is 0 Å². The number of nitrogens with zero attached hydrogens (tertiary/aromatic N) is 2. The molecule has 1 aromatic heterocycles. The molecule has 1 aromatic rings. The molecule has 0 spiro atoms. The summed E-state index contributed by atoms with van der Waals surface area (Å²) < 4.78 is 1.86. The molecule has 2 unspecified atom stereocenters. The monoisotopic (exact) mass is 279 g/mol. The van der Waals surface area contributed by atoms with Crippen LogP contribution in [-0.4, -0.2) is 33.4 Å². The molecule has 0 aromatic carbocycles. The Bertz CT molecular complexity index is 495. The highest BCUT2D eigenvalue weighted by molar-refractivity contribution is 5.95. The van der Waals surface area contributed by atoms with E-state index in [1.807, 2.05) is 32.4 Å². The van der Waals surface area contributed by atoms with Crippen molar-refractivity contribution in [3.05, 3.63) is 17.5 Å². The van der Waals surface area contributed by atoms with E-state index in [1.165, 1.54) is 0 Å². The third kappa shape index (κ3) is 2.59. The third-order valence-corrected chi connectivity index (χ3v) is 4.53. The molecule has 1 heterocycles. The van der Waals surface area contributed by atoms with Crippen LogP contribution < -0.4 is 5.32 Å². The number of carbonyl (C=O) groups is 1. The first-order chi connectivity index (χ1) is 9.39. The van der Waals surface area contributed by atoms with Crippen molar-refractivity contribution < 1.29 is 9.90 Å². The van der Waals surface area contributed by atoms with Gasteiger partial charge in [-0.15, -0.1) is 0 Å². The Labute approximate surface area is 120 Å². The number of aromatic nitrogens is 2. The third-order valence-electron chi connectivity index (χ3n) is 4.53. The molecule has 0 aliphatic heterocycles. The van der Waals surface area contributed by atoms with E-state index in [2.05, 4.69) is 10.4 Å². The summed E-state index contributed by atoms with van der Waals surface area (Å²) >= 11 is 0. The fraction of sp³-hybridized carbons (Fsp3) is 0.733. The van der Waals surface area contributed by atoms with E-state index in [1.54, 1.807) is 6.20 Å².